The van der Waals surface area contributed by atoms with E-state index in [-0.39, 0.29) is 29.9 Å². The monoisotopic (exact) mass is 414 g/mol. The normalized spacial score (nSPS) is 14.3. The highest BCUT2D eigenvalue weighted by Crippen LogP contribution is 2.20. The van der Waals surface area contributed by atoms with E-state index in [1.165, 1.54) is 12.1 Å². The van der Waals surface area contributed by atoms with E-state index in [0.717, 1.165) is 18.6 Å². The van der Waals surface area contributed by atoms with Crippen LogP contribution in [0.4, 0.5) is 4.39 Å². The Morgan fingerprint density at radius 2 is 1.67 bits per heavy atom. The molecule has 160 valence electrons. The molecule has 0 unspecified atom stereocenters. The van der Waals surface area contributed by atoms with Gasteiger partial charge in [-0.1, -0.05) is 12.1 Å². The highest BCUT2D eigenvalue weighted by atomic mass is 19.1. The zero-order valence-corrected chi connectivity index (χ0v) is 17.1. The van der Waals surface area contributed by atoms with Crippen molar-refractivity contribution in [3.05, 3.63) is 59.9 Å². The van der Waals surface area contributed by atoms with Gasteiger partial charge in [0.15, 0.2) is 6.61 Å². The van der Waals surface area contributed by atoms with E-state index in [0.29, 0.717) is 32.0 Å². The molecular formula is C23H27FN2O4. The average molecular weight is 414 g/mol. The smallest absolute Gasteiger partial charge is 0.257 e. The van der Waals surface area contributed by atoms with Gasteiger partial charge in [0.25, 0.3) is 11.8 Å². The summed E-state index contributed by atoms with van der Waals surface area (Å²) in [6.07, 6.45) is 1.53. The molecule has 0 radical (unpaired) electrons. The first-order valence-electron chi connectivity index (χ1n) is 10.2. The van der Waals surface area contributed by atoms with Crippen molar-refractivity contribution in [2.45, 2.75) is 19.8 Å². The van der Waals surface area contributed by atoms with Crippen molar-refractivity contribution in [1.29, 1.82) is 0 Å². The standard InChI is InChI=1S/C23H27FN2O4/c1-2-29-18-7-9-19(10-8-18)30-16-22(27)25-15-17-11-13-26(14-12-17)23(28)20-5-3-4-6-21(20)24/h3-10,17H,2,11-16H2,1H3,(H,25,27). The quantitative estimate of drug-likeness (QED) is 0.720. The number of nitrogens with zero attached hydrogens (tertiary/aromatic N) is 1. The fraction of sp³-hybridized carbons (Fsp3) is 0.391. The van der Waals surface area contributed by atoms with Gasteiger partial charge < -0.3 is 19.7 Å². The van der Waals surface area contributed by atoms with Gasteiger partial charge in [0.05, 0.1) is 12.2 Å². The number of piperidine rings is 1. The number of nitrogens with one attached hydrogen (secondary N) is 1. The molecule has 3 rings (SSSR count). The fourth-order valence-corrected chi connectivity index (χ4v) is 3.40. The lowest BCUT2D eigenvalue weighted by atomic mass is 9.96. The molecule has 1 aliphatic rings. The molecule has 0 atom stereocenters. The maximum atomic E-state index is 13.8. The van der Waals surface area contributed by atoms with Gasteiger partial charge in [-0.15, -0.1) is 0 Å². The van der Waals surface area contributed by atoms with E-state index in [9.17, 15) is 14.0 Å². The number of carbonyl (C=O) groups is 2. The van der Waals surface area contributed by atoms with E-state index < -0.39 is 5.82 Å². The predicted molar refractivity (Wildman–Crippen MR) is 111 cm³/mol. The molecule has 0 aliphatic carbocycles. The number of amides is 2. The summed E-state index contributed by atoms with van der Waals surface area (Å²) in [5.41, 5.74) is 0.107. The second-order valence-corrected chi connectivity index (χ2v) is 7.21. The number of hydrogen-bond donors (Lipinski definition) is 1. The number of benzene rings is 2. The maximum Gasteiger partial charge on any atom is 0.257 e. The first-order chi connectivity index (χ1) is 14.6. The molecule has 30 heavy (non-hydrogen) atoms. The highest BCUT2D eigenvalue weighted by Gasteiger charge is 2.25. The second kappa shape index (κ2) is 10.6. The summed E-state index contributed by atoms with van der Waals surface area (Å²) >= 11 is 0. The SMILES string of the molecule is CCOc1ccc(OCC(=O)NCC2CCN(C(=O)c3ccccc3F)CC2)cc1. The van der Waals surface area contributed by atoms with Crippen LogP contribution in [0.2, 0.25) is 0 Å². The number of hydrogen-bond acceptors (Lipinski definition) is 4. The molecule has 2 amide bonds. The van der Waals surface area contributed by atoms with Crippen LogP contribution in [0.5, 0.6) is 11.5 Å². The summed E-state index contributed by atoms with van der Waals surface area (Å²) in [5, 5.41) is 2.89. The molecule has 7 heteroatoms. The van der Waals surface area contributed by atoms with E-state index in [2.05, 4.69) is 5.32 Å². The van der Waals surface area contributed by atoms with Crippen molar-refractivity contribution >= 4 is 11.8 Å². The molecule has 0 saturated carbocycles. The van der Waals surface area contributed by atoms with Crippen molar-refractivity contribution in [2.75, 3.05) is 32.8 Å². The maximum absolute atomic E-state index is 13.8. The van der Waals surface area contributed by atoms with E-state index >= 15 is 0 Å². The zero-order valence-electron chi connectivity index (χ0n) is 17.1. The molecule has 1 fully saturated rings. The number of rotatable bonds is 8. The van der Waals surface area contributed by atoms with Gasteiger partial charge in [0.1, 0.15) is 17.3 Å². The Labute approximate surface area is 176 Å². The number of likely N-dealkylation sites (tertiary alicyclic amines) is 1. The van der Waals surface area contributed by atoms with E-state index in [4.69, 9.17) is 9.47 Å². The summed E-state index contributed by atoms with van der Waals surface area (Å²) in [6, 6.07) is 13.2. The molecule has 1 N–H and O–H groups in total. The van der Waals surface area contributed by atoms with Crippen LogP contribution in [0.3, 0.4) is 0 Å². The Morgan fingerprint density at radius 1 is 1.03 bits per heavy atom. The Morgan fingerprint density at radius 3 is 2.30 bits per heavy atom. The molecule has 2 aromatic carbocycles. The first-order valence-corrected chi connectivity index (χ1v) is 10.2. The van der Waals surface area contributed by atoms with Gasteiger partial charge in [0, 0.05) is 19.6 Å². The average Bonchev–Trinajstić information content (AvgIpc) is 2.77. The van der Waals surface area contributed by atoms with Crippen LogP contribution in [0.25, 0.3) is 0 Å². The number of carbonyl (C=O) groups excluding carboxylic acids is 2. The molecular weight excluding hydrogens is 387 g/mol. The van der Waals surface area contributed by atoms with Crippen molar-refractivity contribution < 1.29 is 23.5 Å². The molecule has 0 aromatic heterocycles. The lowest BCUT2D eigenvalue weighted by Gasteiger charge is -2.32. The predicted octanol–water partition coefficient (Wildman–Crippen LogP) is 3.27. The van der Waals surface area contributed by atoms with Crippen LogP contribution in [0, 0.1) is 11.7 Å². The van der Waals surface area contributed by atoms with Gasteiger partial charge in [0.2, 0.25) is 0 Å². The zero-order chi connectivity index (χ0) is 21.3. The van der Waals surface area contributed by atoms with Crippen LogP contribution in [0.15, 0.2) is 48.5 Å². The molecule has 2 aromatic rings. The third-order valence-corrected chi connectivity index (χ3v) is 5.10. The fourth-order valence-electron chi connectivity index (χ4n) is 3.40. The van der Waals surface area contributed by atoms with Gasteiger partial charge >= 0.3 is 0 Å². The summed E-state index contributed by atoms with van der Waals surface area (Å²) in [5.74, 6) is 0.685. The van der Waals surface area contributed by atoms with Crippen molar-refractivity contribution in [2.24, 2.45) is 5.92 Å². The lowest BCUT2D eigenvalue weighted by Crippen LogP contribution is -2.42. The van der Waals surface area contributed by atoms with Crippen molar-refractivity contribution in [3.63, 3.8) is 0 Å². The molecule has 0 bridgehead atoms. The van der Waals surface area contributed by atoms with E-state index in [1.54, 1.807) is 41.3 Å². The molecule has 0 spiro atoms. The van der Waals surface area contributed by atoms with Crippen LogP contribution in [0.1, 0.15) is 30.1 Å². The summed E-state index contributed by atoms with van der Waals surface area (Å²) < 4.78 is 24.7. The molecule has 1 aliphatic heterocycles. The summed E-state index contributed by atoms with van der Waals surface area (Å²) in [6.45, 7) is 4.09. The number of ether oxygens (including phenoxy) is 2. The van der Waals surface area contributed by atoms with Gasteiger partial charge in [-0.2, -0.15) is 0 Å². The van der Waals surface area contributed by atoms with Crippen molar-refractivity contribution in [3.8, 4) is 11.5 Å². The minimum atomic E-state index is -0.496. The lowest BCUT2D eigenvalue weighted by molar-refractivity contribution is -0.123. The van der Waals surface area contributed by atoms with Crippen LogP contribution in [-0.2, 0) is 4.79 Å². The van der Waals surface area contributed by atoms with Gasteiger partial charge in [-0.25, -0.2) is 4.39 Å². The number of halogens is 1. The summed E-state index contributed by atoms with van der Waals surface area (Å²) in [4.78, 5) is 26.2. The molecule has 1 saturated heterocycles. The third kappa shape index (κ3) is 5.95. The summed E-state index contributed by atoms with van der Waals surface area (Å²) in [7, 11) is 0. The molecule has 6 nitrogen and oxygen atoms in total. The van der Waals surface area contributed by atoms with Gasteiger partial charge in [-0.3, -0.25) is 9.59 Å². The topological polar surface area (TPSA) is 67.9 Å². The Kier molecular flexibility index (Phi) is 7.65. The Hall–Kier alpha value is -3.09. The third-order valence-electron chi connectivity index (χ3n) is 5.10. The van der Waals surface area contributed by atoms with Crippen LogP contribution >= 0.6 is 0 Å². The van der Waals surface area contributed by atoms with Crippen molar-refractivity contribution in [1.82, 2.24) is 10.2 Å². The van der Waals surface area contributed by atoms with Crippen LogP contribution < -0.4 is 14.8 Å². The van der Waals surface area contributed by atoms with E-state index in [1.807, 2.05) is 6.92 Å². The molecule has 1 heterocycles. The Balaban J connectivity index is 1.36. The Bertz CT molecular complexity index is 849. The second-order valence-electron chi connectivity index (χ2n) is 7.21. The minimum Gasteiger partial charge on any atom is -0.494 e. The largest absolute Gasteiger partial charge is 0.494 e. The highest BCUT2D eigenvalue weighted by molar-refractivity contribution is 5.94. The van der Waals surface area contributed by atoms with Gasteiger partial charge in [-0.05, 0) is 62.1 Å². The van der Waals surface area contributed by atoms with Crippen LogP contribution in [-0.4, -0.2) is 49.6 Å². The minimum absolute atomic E-state index is 0.0569. The first kappa shape index (κ1) is 21.6.